The smallest absolute Gasteiger partial charge is 0.292 e. The second-order valence-electron chi connectivity index (χ2n) is 12.7. The average Bonchev–Trinajstić information content (AvgIpc) is 3.59. The average molecular weight is 768 g/mol. The number of anilines is 6. The maximum atomic E-state index is 12.7. The predicted octanol–water partition coefficient (Wildman–Crippen LogP) is 0.291. The van der Waals surface area contributed by atoms with Gasteiger partial charge in [0.15, 0.2) is 5.58 Å². The van der Waals surface area contributed by atoms with Crippen LogP contribution in [0.1, 0.15) is 46.3 Å². The van der Waals surface area contributed by atoms with Gasteiger partial charge in [0.1, 0.15) is 29.3 Å². The normalized spacial score (nSPS) is 12.8. The summed E-state index contributed by atoms with van der Waals surface area (Å²) < 4.78 is 10.9. The lowest BCUT2D eigenvalue weighted by atomic mass is 10.0. The van der Waals surface area contributed by atoms with Crippen molar-refractivity contribution in [3.63, 3.8) is 0 Å². The van der Waals surface area contributed by atoms with Crippen molar-refractivity contribution in [2.24, 2.45) is 5.73 Å². The highest BCUT2D eigenvalue weighted by atomic mass is 16.5. The van der Waals surface area contributed by atoms with Crippen LogP contribution in [0.3, 0.4) is 0 Å². The van der Waals surface area contributed by atoms with E-state index in [2.05, 4.69) is 55.7 Å². The molecule has 4 aromatic heterocycles. The van der Waals surface area contributed by atoms with Crippen molar-refractivity contribution >= 4 is 64.0 Å². The quantitative estimate of drug-likeness (QED) is 0.0439. The lowest BCUT2D eigenvalue weighted by molar-refractivity contribution is -0.122. The number of hydrogen-bond donors (Lipinski definition) is 8. The third-order valence-corrected chi connectivity index (χ3v) is 8.87. The van der Waals surface area contributed by atoms with Gasteiger partial charge in [-0.15, -0.1) is 0 Å². The summed E-state index contributed by atoms with van der Waals surface area (Å²) in [4.78, 5) is 59.1. The minimum Gasteiger partial charge on any atom is -0.424 e. The number of hydrogen-bond acceptors (Lipinski definition) is 19. The Morgan fingerprint density at radius 2 is 1.57 bits per heavy atom. The molecule has 2 amide bonds. The fourth-order valence-electron chi connectivity index (χ4n) is 5.83. The summed E-state index contributed by atoms with van der Waals surface area (Å²) in [6.07, 6.45) is 7.81. The van der Waals surface area contributed by atoms with Crippen LogP contribution < -0.4 is 48.7 Å². The molecule has 1 aromatic carbocycles. The number of rotatable bonds is 18. The van der Waals surface area contributed by atoms with E-state index in [0.29, 0.717) is 98.6 Å². The van der Waals surface area contributed by atoms with Gasteiger partial charge in [0.25, 0.3) is 11.9 Å². The minimum atomic E-state index is -0.416. The summed E-state index contributed by atoms with van der Waals surface area (Å²) in [5, 5.41) is 17.6. The lowest BCUT2D eigenvalue weighted by Gasteiger charge is -2.34. The largest absolute Gasteiger partial charge is 0.424 e. The van der Waals surface area contributed by atoms with Crippen LogP contribution in [0.25, 0.3) is 11.1 Å². The van der Waals surface area contributed by atoms with E-state index in [1.807, 2.05) is 4.90 Å². The van der Waals surface area contributed by atoms with Crippen LogP contribution in [0.4, 0.5) is 35.4 Å². The highest BCUT2D eigenvalue weighted by Gasteiger charge is 2.23. The number of unbranched alkanes of at least 4 members (excludes halogenated alkanes) is 1. The van der Waals surface area contributed by atoms with Crippen molar-refractivity contribution in [1.29, 1.82) is 5.41 Å². The van der Waals surface area contributed by atoms with Gasteiger partial charge >= 0.3 is 0 Å². The molecule has 21 nitrogen and oxygen atoms in total. The van der Waals surface area contributed by atoms with Gasteiger partial charge in [-0.1, -0.05) is 0 Å². The maximum absolute atomic E-state index is 12.7. The number of aromatic nitrogens is 7. The van der Waals surface area contributed by atoms with E-state index in [0.717, 1.165) is 5.56 Å². The van der Waals surface area contributed by atoms with Gasteiger partial charge in [0.2, 0.25) is 17.8 Å². The summed E-state index contributed by atoms with van der Waals surface area (Å²) in [5.74, 6) is 1.21. The zero-order valence-corrected chi connectivity index (χ0v) is 30.7. The number of carbonyl (C=O) groups is 2. The molecule has 1 aliphatic heterocycles. The van der Waals surface area contributed by atoms with Crippen LogP contribution in [-0.4, -0.2) is 111 Å². The molecule has 0 radical (unpaired) electrons. The first-order valence-corrected chi connectivity index (χ1v) is 18.1. The van der Waals surface area contributed by atoms with E-state index in [1.54, 1.807) is 30.6 Å². The van der Waals surface area contributed by atoms with Crippen LogP contribution in [0.2, 0.25) is 0 Å². The highest BCUT2D eigenvalue weighted by molar-refractivity contribution is 6.17. The lowest BCUT2D eigenvalue weighted by Crippen LogP contribution is -2.47. The predicted molar refractivity (Wildman–Crippen MR) is 210 cm³/mol. The van der Waals surface area contributed by atoms with Gasteiger partial charge in [0, 0.05) is 88.5 Å². The molecular formula is C35H45N17O4. The third-order valence-electron chi connectivity index (χ3n) is 8.87. The molecule has 1 aliphatic rings. The summed E-state index contributed by atoms with van der Waals surface area (Å²) in [7, 11) is 0. The highest BCUT2D eigenvalue weighted by Crippen LogP contribution is 2.25. The van der Waals surface area contributed by atoms with Crippen LogP contribution in [-0.2, 0) is 16.1 Å². The second-order valence-corrected chi connectivity index (χ2v) is 12.7. The molecule has 0 bridgehead atoms. The first kappa shape index (κ1) is 39.0. The fraction of sp³-hybridized carbons (Fsp3) is 0.371. The number of carbonyl (C=O) groups excluding carboxylic acids is 2. The van der Waals surface area contributed by atoms with Crippen LogP contribution in [0.5, 0.6) is 0 Å². The number of fused-ring (bicyclic) bond motifs is 1. The fourth-order valence-corrected chi connectivity index (χ4v) is 5.83. The number of nitrogens with zero attached hydrogens (tertiary/aromatic N) is 9. The molecule has 5 heterocycles. The van der Waals surface area contributed by atoms with Gasteiger partial charge in [-0.05, 0) is 31.0 Å². The molecule has 0 unspecified atom stereocenters. The third kappa shape index (κ3) is 9.86. The van der Waals surface area contributed by atoms with Crippen molar-refractivity contribution < 1.29 is 18.7 Å². The minimum absolute atomic E-state index is 0.0444. The number of nitrogen functional groups attached to an aromatic ring is 3. The summed E-state index contributed by atoms with van der Waals surface area (Å²) in [6.45, 7) is 4.65. The van der Waals surface area contributed by atoms with Gasteiger partial charge in [0.05, 0.1) is 30.1 Å². The zero-order valence-electron chi connectivity index (χ0n) is 30.7. The number of nitrogens with two attached hydrogens (primary N) is 4. The van der Waals surface area contributed by atoms with Gasteiger partial charge < -0.3 is 57.8 Å². The standard InChI is InChI=1S/C35H45N17O4/c36-16-21-17-44-34(45-18-21)51-9-11-52(12-10-51)35-46-19-23(29(38)50-35)32(54)43-8-14-55-13-5-26(53)41-6-1-2-7-42-31-27(30(39)47-20-48-31)28(37)22-3-4-25-24(15-22)49-33(40)56-25/h3-4,15,17-20,37H,1-2,5-14,16,36H2,(H2,40,49)(H,41,53)(H,43,54)(H2,38,46,50)(H3,39,42,47,48). The van der Waals surface area contributed by atoms with Crippen LogP contribution in [0, 0.1) is 5.41 Å². The Kier molecular flexibility index (Phi) is 12.9. The van der Waals surface area contributed by atoms with Gasteiger partial charge in [-0.3, -0.25) is 15.0 Å². The number of benzene rings is 1. The van der Waals surface area contributed by atoms with Crippen molar-refractivity contribution in [2.75, 3.05) is 91.3 Å². The second kappa shape index (κ2) is 18.5. The van der Waals surface area contributed by atoms with E-state index >= 15 is 0 Å². The van der Waals surface area contributed by atoms with Gasteiger partial charge in [-0.25, -0.2) is 24.9 Å². The molecule has 0 atom stereocenters. The van der Waals surface area contributed by atoms with Crippen molar-refractivity contribution in [3.8, 4) is 0 Å². The van der Waals surface area contributed by atoms with E-state index < -0.39 is 5.91 Å². The molecule has 1 fully saturated rings. The molecule has 5 aromatic rings. The van der Waals surface area contributed by atoms with Crippen LogP contribution in [0.15, 0.2) is 47.5 Å². The number of nitrogens with one attached hydrogen (secondary N) is 4. The summed E-state index contributed by atoms with van der Waals surface area (Å²) in [6, 6.07) is 5.15. The van der Waals surface area contributed by atoms with Crippen LogP contribution >= 0.6 is 0 Å². The molecule has 294 valence electrons. The molecule has 0 aliphatic carbocycles. The molecule has 0 spiro atoms. The maximum Gasteiger partial charge on any atom is 0.292 e. The Balaban J connectivity index is 0.827. The Morgan fingerprint density at radius 1 is 0.839 bits per heavy atom. The van der Waals surface area contributed by atoms with Crippen molar-refractivity contribution in [2.45, 2.75) is 25.8 Å². The van der Waals surface area contributed by atoms with E-state index in [9.17, 15) is 9.59 Å². The number of oxazole rings is 1. The molecule has 1 saturated heterocycles. The number of ether oxygens (including phenoxy) is 1. The Morgan fingerprint density at radius 3 is 2.32 bits per heavy atom. The summed E-state index contributed by atoms with van der Waals surface area (Å²) in [5.41, 5.74) is 26.7. The van der Waals surface area contributed by atoms with Gasteiger partial charge in [-0.2, -0.15) is 9.97 Å². The molecule has 0 saturated carbocycles. The van der Waals surface area contributed by atoms with E-state index in [-0.39, 0.29) is 61.0 Å². The number of piperazine rings is 1. The SMILES string of the molecule is N=C(c1ccc2oc(N)nc2c1)c1c(N)ncnc1NCCCCNC(=O)CCOCCNC(=O)c1cnc(N2CCN(c3ncc(CN)cn3)CC2)nc1N. The zero-order chi connectivity index (χ0) is 39.4. The first-order chi connectivity index (χ1) is 27.2. The van der Waals surface area contributed by atoms with Crippen molar-refractivity contribution in [3.05, 3.63) is 65.4 Å². The Hall–Kier alpha value is -6.74. The Bertz CT molecular complexity index is 2140. The monoisotopic (exact) mass is 767 g/mol. The van der Waals surface area contributed by atoms with E-state index in [1.165, 1.54) is 12.5 Å². The van der Waals surface area contributed by atoms with E-state index in [4.69, 9.17) is 37.5 Å². The number of amides is 2. The molecule has 56 heavy (non-hydrogen) atoms. The van der Waals surface area contributed by atoms with Crippen molar-refractivity contribution in [1.82, 2.24) is 45.5 Å². The Labute approximate surface area is 321 Å². The molecule has 6 rings (SSSR count). The first-order valence-electron chi connectivity index (χ1n) is 18.1. The summed E-state index contributed by atoms with van der Waals surface area (Å²) >= 11 is 0. The molecule has 21 heteroatoms. The topological polar surface area (TPSA) is 317 Å². The molecule has 12 N–H and O–H groups in total. The molecular weight excluding hydrogens is 722 g/mol.